The van der Waals surface area contributed by atoms with Crippen molar-refractivity contribution in [3.8, 4) is 5.75 Å². The summed E-state index contributed by atoms with van der Waals surface area (Å²) in [6.45, 7) is 2.57. The summed E-state index contributed by atoms with van der Waals surface area (Å²) in [5.74, 6) is 6.34. The average Bonchev–Trinajstić information content (AvgIpc) is 2.45. The number of hydrazine groups is 1. The first kappa shape index (κ1) is 12.6. The molecule has 0 aliphatic carbocycles. The Morgan fingerprint density at radius 2 is 1.72 bits per heavy atom. The Bertz CT molecular complexity index is 485. The Hall–Kier alpha value is -1.84. The molecular formula is C15H18N2O. The van der Waals surface area contributed by atoms with Gasteiger partial charge < -0.3 is 4.74 Å². The number of para-hydroxylation sites is 1. The summed E-state index contributed by atoms with van der Waals surface area (Å²) >= 11 is 0. The molecule has 1 atom stereocenters. The minimum atomic E-state index is 0.0666. The molecule has 3 nitrogen and oxygen atoms in total. The lowest BCUT2D eigenvalue weighted by atomic mass is 10.1. The average molecular weight is 242 g/mol. The minimum Gasteiger partial charge on any atom is -0.489 e. The van der Waals surface area contributed by atoms with Crippen molar-refractivity contribution >= 4 is 0 Å². The second-order valence-electron chi connectivity index (χ2n) is 4.20. The van der Waals surface area contributed by atoms with E-state index in [1.807, 2.05) is 61.5 Å². The van der Waals surface area contributed by atoms with Gasteiger partial charge >= 0.3 is 0 Å². The highest BCUT2D eigenvalue weighted by Gasteiger charge is 2.09. The third kappa shape index (κ3) is 3.09. The Balaban J connectivity index is 2.10. The second-order valence-corrected chi connectivity index (χ2v) is 4.20. The predicted molar refractivity (Wildman–Crippen MR) is 73.0 cm³/mol. The lowest BCUT2D eigenvalue weighted by Crippen LogP contribution is -2.26. The quantitative estimate of drug-likeness (QED) is 0.626. The highest BCUT2D eigenvalue weighted by Crippen LogP contribution is 2.24. The van der Waals surface area contributed by atoms with Gasteiger partial charge in [-0.05, 0) is 18.6 Å². The third-order valence-corrected chi connectivity index (χ3v) is 2.87. The van der Waals surface area contributed by atoms with E-state index in [0.717, 1.165) is 16.9 Å². The summed E-state index contributed by atoms with van der Waals surface area (Å²) in [7, 11) is 0. The van der Waals surface area contributed by atoms with Crippen LogP contribution in [0, 0.1) is 0 Å². The number of hydrogen-bond acceptors (Lipinski definition) is 3. The summed E-state index contributed by atoms with van der Waals surface area (Å²) in [5.41, 5.74) is 4.96. The van der Waals surface area contributed by atoms with Crippen LogP contribution in [0.5, 0.6) is 5.75 Å². The summed E-state index contributed by atoms with van der Waals surface area (Å²) in [6, 6.07) is 18.1. The standard InChI is InChI=1S/C15H18N2O/c1-12(17-16)14-9-5-6-10-15(14)18-11-13-7-3-2-4-8-13/h2-10,12,17H,11,16H2,1H3/t12-/m0/s1. The summed E-state index contributed by atoms with van der Waals surface area (Å²) in [5, 5.41) is 0. The zero-order chi connectivity index (χ0) is 12.8. The molecule has 0 unspecified atom stereocenters. The highest BCUT2D eigenvalue weighted by atomic mass is 16.5. The van der Waals surface area contributed by atoms with Crippen molar-refractivity contribution in [2.75, 3.05) is 0 Å². The lowest BCUT2D eigenvalue weighted by Gasteiger charge is -2.16. The SMILES string of the molecule is C[C@H](NN)c1ccccc1OCc1ccccc1. The molecule has 0 saturated carbocycles. The van der Waals surface area contributed by atoms with Gasteiger partial charge in [-0.3, -0.25) is 11.3 Å². The first-order chi connectivity index (χ1) is 8.81. The van der Waals surface area contributed by atoms with E-state index in [1.54, 1.807) is 0 Å². The molecule has 0 aliphatic rings. The topological polar surface area (TPSA) is 47.3 Å². The maximum Gasteiger partial charge on any atom is 0.124 e. The molecular weight excluding hydrogens is 224 g/mol. The second kappa shape index (κ2) is 6.19. The zero-order valence-electron chi connectivity index (χ0n) is 10.5. The number of benzene rings is 2. The van der Waals surface area contributed by atoms with Crippen molar-refractivity contribution in [2.24, 2.45) is 5.84 Å². The van der Waals surface area contributed by atoms with Gasteiger partial charge in [-0.1, -0.05) is 48.5 Å². The van der Waals surface area contributed by atoms with E-state index < -0.39 is 0 Å². The van der Waals surface area contributed by atoms with Crippen molar-refractivity contribution in [1.82, 2.24) is 5.43 Å². The summed E-state index contributed by atoms with van der Waals surface area (Å²) in [6.07, 6.45) is 0. The molecule has 18 heavy (non-hydrogen) atoms. The molecule has 0 saturated heterocycles. The molecule has 94 valence electrons. The molecule has 3 heteroatoms. The first-order valence-electron chi connectivity index (χ1n) is 6.03. The van der Waals surface area contributed by atoms with Crippen LogP contribution in [0.1, 0.15) is 24.1 Å². The van der Waals surface area contributed by atoms with Crippen LogP contribution in [-0.4, -0.2) is 0 Å². The van der Waals surface area contributed by atoms with Gasteiger partial charge in [0, 0.05) is 11.6 Å². The molecule has 3 N–H and O–H groups in total. The van der Waals surface area contributed by atoms with Crippen LogP contribution in [-0.2, 0) is 6.61 Å². The Labute approximate surface area is 108 Å². The van der Waals surface area contributed by atoms with Gasteiger partial charge in [0.05, 0.1) is 0 Å². The summed E-state index contributed by atoms with van der Waals surface area (Å²) < 4.78 is 5.85. The molecule has 0 heterocycles. The molecule has 2 aromatic rings. The third-order valence-electron chi connectivity index (χ3n) is 2.87. The van der Waals surface area contributed by atoms with E-state index in [4.69, 9.17) is 10.6 Å². The molecule has 0 fully saturated rings. The van der Waals surface area contributed by atoms with E-state index in [0.29, 0.717) is 6.61 Å². The maximum absolute atomic E-state index is 5.85. The maximum atomic E-state index is 5.85. The van der Waals surface area contributed by atoms with Crippen LogP contribution in [0.15, 0.2) is 54.6 Å². The highest BCUT2D eigenvalue weighted by molar-refractivity contribution is 5.35. The van der Waals surface area contributed by atoms with Gasteiger partial charge in [0.25, 0.3) is 0 Å². The fourth-order valence-electron chi connectivity index (χ4n) is 1.79. The number of ether oxygens (including phenoxy) is 1. The molecule has 0 amide bonds. The van der Waals surface area contributed by atoms with Crippen molar-refractivity contribution in [3.05, 3.63) is 65.7 Å². The Morgan fingerprint density at radius 3 is 2.44 bits per heavy atom. The van der Waals surface area contributed by atoms with E-state index in [1.165, 1.54) is 0 Å². The van der Waals surface area contributed by atoms with Crippen LogP contribution in [0.3, 0.4) is 0 Å². The normalized spacial score (nSPS) is 12.1. The largest absolute Gasteiger partial charge is 0.489 e. The number of nitrogens with one attached hydrogen (secondary N) is 1. The fraction of sp³-hybridized carbons (Fsp3) is 0.200. The number of nitrogens with two attached hydrogens (primary N) is 1. The van der Waals surface area contributed by atoms with Crippen LogP contribution in [0.4, 0.5) is 0 Å². The molecule has 0 aliphatic heterocycles. The Kier molecular flexibility index (Phi) is 4.34. The van der Waals surface area contributed by atoms with Gasteiger partial charge in [-0.15, -0.1) is 0 Å². The van der Waals surface area contributed by atoms with Gasteiger partial charge in [0.1, 0.15) is 12.4 Å². The first-order valence-corrected chi connectivity index (χ1v) is 6.03. The van der Waals surface area contributed by atoms with E-state index in [-0.39, 0.29) is 6.04 Å². The van der Waals surface area contributed by atoms with Crippen molar-refractivity contribution in [3.63, 3.8) is 0 Å². The van der Waals surface area contributed by atoms with Crippen LogP contribution >= 0.6 is 0 Å². The van der Waals surface area contributed by atoms with Gasteiger partial charge in [-0.2, -0.15) is 0 Å². The lowest BCUT2D eigenvalue weighted by molar-refractivity contribution is 0.300. The monoisotopic (exact) mass is 242 g/mol. The molecule has 0 bridgehead atoms. The number of hydrogen-bond donors (Lipinski definition) is 2. The van der Waals surface area contributed by atoms with Crippen molar-refractivity contribution in [1.29, 1.82) is 0 Å². The molecule has 0 radical (unpaired) electrons. The van der Waals surface area contributed by atoms with Crippen molar-refractivity contribution < 1.29 is 4.74 Å². The van der Waals surface area contributed by atoms with Gasteiger partial charge in [0.2, 0.25) is 0 Å². The summed E-state index contributed by atoms with van der Waals surface area (Å²) in [4.78, 5) is 0. The minimum absolute atomic E-state index is 0.0666. The van der Waals surface area contributed by atoms with E-state index >= 15 is 0 Å². The number of rotatable bonds is 5. The predicted octanol–water partition coefficient (Wildman–Crippen LogP) is 2.79. The smallest absolute Gasteiger partial charge is 0.124 e. The molecule has 0 aromatic heterocycles. The van der Waals surface area contributed by atoms with Crippen LogP contribution in [0.25, 0.3) is 0 Å². The van der Waals surface area contributed by atoms with Crippen LogP contribution < -0.4 is 16.0 Å². The van der Waals surface area contributed by atoms with E-state index in [9.17, 15) is 0 Å². The fourth-order valence-corrected chi connectivity index (χ4v) is 1.79. The molecule has 2 rings (SSSR count). The van der Waals surface area contributed by atoms with Crippen molar-refractivity contribution in [2.45, 2.75) is 19.6 Å². The molecule has 0 spiro atoms. The van der Waals surface area contributed by atoms with E-state index in [2.05, 4.69) is 5.43 Å². The van der Waals surface area contributed by atoms with Gasteiger partial charge in [0.15, 0.2) is 0 Å². The van der Waals surface area contributed by atoms with Gasteiger partial charge in [-0.25, -0.2) is 0 Å². The van der Waals surface area contributed by atoms with Crippen LogP contribution in [0.2, 0.25) is 0 Å². The Morgan fingerprint density at radius 1 is 1.06 bits per heavy atom. The zero-order valence-corrected chi connectivity index (χ0v) is 10.5. The molecule has 2 aromatic carbocycles.